The summed E-state index contributed by atoms with van der Waals surface area (Å²) in [4.78, 5) is 27.1. The molecule has 5 nitrogen and oxygen atoms in total. The number of hydrogen-bond donors (Lipinski definition) is 0. The molecule has 3 rings (SSSR count). The lowest BCUT2D eigenvalue weighted by Crippen LogP contribution is -2.27. The molecule has 0 saturated carbocycles. The van der Waals surface area contributed by atoms with Gasteiger partial charge in [-0.1, -0.05) is 40.2 Å². The van der Waals surface area contributed by atoms with Gasteiger partial charge in [0.15, 0.2) is 11.5 Å². The quantitative estimate of drug-likeness (QED) is 0.301. The second kappa shape index (κ2) is 10.7. The molecule has 2 aromatic rings. The molecule has 1 aliphatic heterocycles. The molecule has 0 N–H and O–H groups in total. The number of carbonyl (C=O) groups excluding carboxylic acids is 2. The van der Waals surface area contributed by atoms with Crippen molar-refractivity contribution in [1.82, 2.24) is 4.90 Å². The predicted octanol–water partition coefficient (Wildman–Crippen LogP) is 6.21. The maximum absolute atomic E-state index is 13.0. The fourth-order valence-electron chi connectivity index (χ4n) is 3.23. The first-order valence-electron chi connectivity index (χ1n) is 10.0. The molecule has 1 heterocycles. The number of nitrogens with zero attached hydrogens (tertiary/aromatic N) is 1. The van der Waals surface area contributed by atoms with Crippen LogP contribution in [-0.4, -0.2) is 29.3 Å². The Morgan fingerprint density at radius 1 is 1.10 bits per heavy atom. The zero-order valence-electron chi connectivity index (χ0n) is 17.5. The summed E-state index contributed by atoms with van der Waals surface area (Å²) in [5.41, 5.74) is 2.57. The fourth-order valence-corrected chi connectivity index (χ4v) is 4.48. The van der Waals surface area contributed by atoms with Crippen molar-refractivity contribution in [3.63, 3.8) is 0 Å². The summed E-state index contributed by atoms with van der Waals surface area (Å²) < 4.78 is 12.4. The van der Waals surface area contributed by atoms with E-state index in [4.69, 9.17) is 9.47 Å². The lowest BCUT2D eigenvalue weighted by molar-refractivity contribution is -0.123. The normalized spacial score (nSPS) is 14.9. The zero-order chi connectivity index (χ0) is 22.4. The monoisotopic (exact) mass is 501 g/mol. The van der Waals surface area contributed by atoms with Crippen LogP contribution in [0.4, 0.5) is 4.79 Å². The van der Waals surface area contributed by atoms with Crippen LogP contribution in [-0.2, 0) is 17.8 Å². The molecule has 0 aliphatic carbocycles. The van der Waals surface area contributed by atoms with Gasteiger partial charge in [0.05, 0.1) is 24.7 Å². The van der Waals surface area contributed by atoms with Gasteiger partial charge in [0, 0.05) is 10.0 Å². The van der Waals surface area contributed by atoms with Crippen molar-refractivity contribution in [2.75, 3.05) is 13.2 Å². The first-order valence-corrected chi connectivity index (χ1v) is 11.6. The second-order valence-electron chi connectivity index (χ2n) is 6.73. The maximum Gasteiger partial charge on any atom is 0.293 e. The number of amides is 2. The summed E-state index contributed by atoms with van der Waals surface area (Å²) in [6, 6.07) is 11.3. The van der Waals surface area contributed by atoms with Crippen molar-refractivity contribution in [2.24, 2.45) is 0 Å². The fraction of sp³-hybridized carbons (Fsp3) is 0.250. The van der Waals surface area contributed by atoms with Gasteiger partial charge in [0.2, 0.25) is 0 Å². The summed E-state index contributed by atoms with van der Waals surface area (Å²) in [7, 11) is 0. The smallest absolute Gasteiger partial charge is 0.293 e. The van der Waals surface area contributed by atoms with E-state index in [1.54, 1.807) is 12.2 Å². The Balaban J connectivity index is 1.93. The van der Waals surface area contributed by atoms with Crippen LogP contribution in [0, 0.1) is 0 Å². The zero-order valence-corrected chi connectivity index (χ0v) is 19.9. The Labute approximate surface area is 195 Å². The van der Waals surface area contributed by atoms with E-state index in [-0.39, 0.29) is 17.7 Å². The van der Waals surface area contributed by atoms with E-state index in [0.717, 1.165) is 32.9 Å². The van der Waals surface area contributed by atoms with E-state index < -0.39 is 0 Å². The molecular formula is C24H24BrNO4S. The molecule has 0 bridgehead atoms. The number of rotatable bonds is 9. The van der Waals surface area contributed by atoms with Gasteiger partial charge in [0.25, 0.3) is 11.1 Å². The van der Waals surface area contributed by atoms with Gasteiger partial charge in [-0.15, -0.1) is 6.58 Å². The Morgan fingerprint density at radius 2 is 1.84 bits per heavy atom. The van der Waals surface area contributed by atoms with Crippen molar-refractivity contribution >= 4 is 44.9 Å². The number of ether oxygens (including phenoxy) is 2. The van der Waals surface area contributed by atoms with Crippen LogP contribution in [0.3, 0.4) is 0 Å². The van der Waals surface area contributed by atoms with Crippen LogP contribution in [0.5, 0.6) is 11.5 Å². The van der Waals surface area contributed by atoms with Gasteiger partial charge in [-0.05, 0) is 67.4 Å². The van der Waals surface area contributed by atoms with E-state index in [9.17, 15) is 9.59 Å². The number of halogens is 1. The van der Waals surface area contributed by atoms with Crippen LogP contribution < -0.4 is 9.47 Å². The minimum absolute atomic E-state index is 0.221. The molecule has 0 spiro atoms. The van der Waals surface area contributed by atoms with Gasteiger partial charge in [-0.2, -0.15) is 0 Å². The van der Waals surface area contributed by atoms with Crippen LogP contribution >= 0.6 is 27.7 Å². The molecule has 0 aromatic heterocycles. The molecule has 1 aliphatic rings. The molecule has 0 radical (unpaired) electrons. The lowest BCUT2D eigenvalue weighted by Gasteiger charge is -2.16. The number of thioether (sulfide) groups is 1. The Kier molecular flexibility index (Phi) is 7.98. The molecule has 1 fully saturated rings. The molecule has 0 atom stereocenters. The Morgan fingerprint density at radius 3 is 2.52 bits per heavy atom. The predicted molar refractivity (Wildman–Crippen MR) is 128 cm³/mol. The Hall–Kier alpha value is -2.51. The van der Waals surface area contributed by atoms with Crippen LogP contribution in [0.1, 0.15) is 30.5 Å². The minimum atomic E-state index is -0.303. The molecule has 2 amide bonds. The summed E-state index contributed by atoms with van der Waals surface area (Å²) in [5, 5.41) is -0.283. The second-order valence-corrected chi connectivity index (χ2v) is 8.57. The number of imide groups is 1. The number of carbonyl (C=O) groups is 2. The largest absolute Gasteiger partial charge is 0.490 e. The minimum Gasteiger partial charge on any atom is -0.490 e. The first kappa shape index (κ1) is 23.2. The highest BCUT2D eigenvalue weighted by Crippen LogP contribution is 2.38. The van der Waals surface area contributed by atoms with Crippen molar-refractivity contribution in [3.8, 4) is 11.5 Å². The van der Waals surface area contributed by atoms with Gasteiger partial charge >= 0.3 is 0 Å². The third kappa shape index (κ3) is 5.40. The first-order chi connectivity index (χ1) is 15.0. The highest BCUT2D eigenvalue weighted by atomic mass is 79.9. The third-order valence-electron chi connectivity index (χ3n) is 4.56. The molecular weight excluding hydrogens is 478 g/mol. The third-order valence-corrected chi connectivity index (χ3v) is 6.25. The molecule has 162 valence electrons. The topological polar surface area (TPSA) is 55.8 Å². The summed E-state index contributed by atoms with van der Waals surface area (Å²) in [5.74, 6) is 0.994. The van der Waals surface area contributed by atoms with Crippen molar-refractivity contribution in [2.45, 2.75) is 26.8 Å². The number of benzene rings is 2. The molecule has 1 saturated heterocycles. The van der Waals surface area contributed by atoms with Gasteiger partial charge < -0.3 is 9.47 Å². The van der Waals surface area contributed by atoms with E-state index in [1.807, 2.05) is 50.2 Å². The standard InChI is InChI=1S/C24H24BrNO4S/c1-4-9-17-12-16(13-20(29-5-2)22(17)30-6-3)14-21-23(27)26(24(28)31-21)15-18-10-7-8-11-19(18)25/h4,7-8,10-14H,1,5-6,9,15H2,2-3H3/b21-14+. The van der Waals surface area contributed by atoms with Gasteiger partial charge in [-0.3, -0.25) is 14.5 Å². The van der Waals surface area contributed by atoms with Crippen molar-refractivity contribution < 1.29 is 19.1 Å². The van der Waals surface area contributed by atoms with Crippen LogP contribution in [0.25, 0.3) is 6.08 Å². The summed E-state index contributed by atoms with van der Waals surface area (Å²) >= 11 is 4.42. The highest BCUT2D eigenvalue weighted by molar-refractivity contribution is 9.10. The van der Waals surface area contributed by atoms with E-state index in [1.165, 1.54) is 4.90 Å². The van der Waals surface area contributed by atoms with Gasteiger partial charge in [0.1, 0.15) is 0 Å². The number of allylic oxidation sites excluding steroid dienone is 1. The average molecular weight is 502 g/mol. The van der Waals surface area contributed by atoms with E-state index in [0.29, 0.717) is 36.0 Å². The van der Waals surface area contributed by atoms with Crippen molar-refractivity contribution in [3.05, 3.63) is 75.1 Å². The van der Waals surface area contributed by atoms with E-state index in [2.05, 4.69) is 22.5 Å². The maximum atomic E-state index is 13.0. The molecule has 2 aromatic carbocycles. The van der Waals surface area contributed by atoms with Crippen molar-refractivity contribution in [1.29, 1.82) is 0 Å². The van der Waals surface area contributed by atoms with E-state index >= 15 is 0 Å². The highest BCUT2D eigenvalue weighted by Gasteiger charge is 2.35. The molecule has 31 heavy (non-hydrogen) atoms. The van der Waals surface area contributed by atoms with Crippen LogP contribution in [0.15, 0.2) is 58.4 Å². The average Bonchev–Trinajstić information content (AvgIpc) is 3.00. The molecule has 0 unspecified atom stereocenters. The van der Waals surface area contributed by atoms with Gasteiger partial charge in [-0.25, -0.2) is 0 Å². The SMILES string of the molecule is C=CCc1cc(/C=C2/SC(=O)N(Cc3ccccc3Br)C2=O)cc(OCC)c1OCC. The molecule has 7 heteroatoms. The lowest BCUT2D eigenvalue weighted by atomic mass is 10.0. The summed E-state index contributed by atoms with van der Waals surface area (Å²) in [6.07, 6.45) is 4.12. The Bertz CT molecular complexity index is 1030. The summed E-state index contributed by atoms with van der Waals surface area (Å²) in [6.45, 7) is 8.86. The van der Waals surface area contributed by atoms with Crippen LogP contribution in [0.2, 0.25) is 0 Å². The number of hydrogen-bond acceptors (Lipinski definition) is 5.